The Hall–Kier alpha value is -2.00. The van der Waals surface area contributed by atoms with Crippen LogP contribution in [0, 0.1) is 0 Å². The molecule has 19 heavy (non-hydrogen) atoms. The summed E-state index contributed by atoms with van der Waals surface area (Å²) in [6, 6.07) is 14.7. The third-order valence-electron chi connectivity index (χ3n) is 3.17. The molecule has 2 aromatic carbocycles. The highest BCUT2D eigenvalue weighted by Crippen LogP contribution is 2.31. The van der Waals surface area contributed by atoms with Crippen LogP contribution in [0.5, 0.6) is 11.5 Å². The van der Waals surface area contributed by atoms with Gasteiger partial charge in [-0.05, 0) is 41.8 Å². The number of hydrogen-bond donors (Lipinski definition) is 3. The van der Waals surface area contributed by atoms with Gasteiger partial charge in [0.25, 0.3) is 0 Å². The summed E-state index contributed by atoms with van der Waals surface area (Å²) >= 11 is 0. The molecule has 102 valence electrons. The lowest BCUT2D eigenvalue weighted by Gasteiger charge is -2.17. The smallest absolute Gasteiger partial charge is 0.115 e. The van der Waals surface area contributed by atoms with E-state index in [1.807, 2.05) is 24.3 Å². The molecule has 0 fully saturated rings. The van der Waals surface area contributed by atoms with Crippen molar-refractivity contribution in [3.63, 3.8) is 0 Å². The maximum Gasteiger partial charge on any atom is 0.115 e. The summed E-state index contributed by atoms with van der Waals surface area (Å²) in [6.45, 7) is 2.16. The molecule has 0 unspecified atom stereocenters. The zero-order valence-corrected chi connectivity index (χ0v) is 11.2. The van der Waals surface area contributed by atoms with E-state index in [9.17, 15) is 10.2 Å². The summed E-state index contributed by atoms with van der Waals surface area (Å²) in [6.07, 6.45) is 2.14. The van der Waals surface area contributed by atoms with Gasteiger partial charge in [-0.3, -0.25) is 0 Å². The van der Waals surface area contributed by atoms with Crippen molar-refractivity contribution in [2.45, 2.75) is 25.7 Å². The minimum atomic E-state index is 0. The second kappa shape index (κ2) is 6.81. The van der Waals surface area contributed by atoms with Crippen molar-refractivity contribution in [3.05, 3.63) is 59.7 Å². The topological polar surface area (TPSA) is 75.5 Å². The first-order valence-corrected chi connectivity index (χ1v) is 6.28. The molecule has 5 N–H and O–H groups in total. The molecule has 2 rings (SSSR count). The minimum Gasteiger partial charge on any atom is -0.508 e. The predicted octanol–water partition coefficient (Wildman–Crippen LogP) is 4.19. The Morgan fingerprint density at radius 1 is 0.789 bits per heavy atom. The summed E-state index contributed by atoms with van der Waals surface area (Å²) < 4.78 is 0. The normalized spacial score (nSPS) is 10.2. The molecule has 0 saturated heterocycles. The number of phenols is 2. The molecule has 0 atom stereocenters. The van der Waals surface area contributed by atoms with Crippen molar-refractivity contribution in [2.75, 3.05) is 0 Å². The first-order chi connectivity index (χ1) is 8.70. The Kier molecular flexibility index (Phi) is 5.39. The molecule has 0 aromatic heterocycles. The molecule has 0 spiro atoms. The average molecular weight is 259 g/mol. The molecule has 0 saturated carbocycles. The van der Waals surface area contributed by atoms with Crippen LogP contribution in [-0.4, -0.2) is 10.2 Å². The Balaban J connectivity index is 0.00000180. The molecule has 2 aromatic rings. The van der Waals surface area contributed by atoms with E-state index in [0.29, 0.717) is 17.4 Å². The quantitative estimate of drug-likeness (QED) is 0.770. The van der Waals surface area contributed by atoms with Gasteiger partial charge < -0.3 is 16.4 Å². The van der Waals surface area contributed by atoms with Gasteiger partial charge in [0.2, 0.25) is 0 Å². The highest BCUT2D eigenvalue weighted by molar-refractivity contribution is 5.37. The number of aromatic hydroxyl groups is 2. The monoisotopic (exact) mass is 259 g/mol. The van der Waals surface area contributed by atoms with Crippen LogP contribution in [0.25, 0.3) is 0 Å². The van der Waals surface area contributed by atoms with Gasteiger partial charge in [-0.25, -0.2) is 0 Å². The van der Waals surface area contributed by atoms with Crippen LogP contribution >= 0.6 is 0 Å². The van der Waals surface area contributed by atoms with E-state index >= 15 is 0 Å². The van der Waals surface area contributed by atoms with Crippen LogP contribution in [-0.2, 0) is 0 Å². The van der Waals surface area contributed by atoms with Gasteiger partial charge in [-0.2, -0.15) is 0 Å². The van der Waals surface area contributed by atoms with Crippen molar-refractivity contribution in [3.8, 4) is 11.5 Å². The first kappa shape index (κ1) is 15.1. The Morgan fingerprint density at radius 3 is 1.47 bits per heavy atom. The van der Waals surface area contributed by atoms with E-state index in [2.05, 4.69) is 6.92 Å². The molecule has 3 nitrogen and oxygen atoms in total. The SMILES string of the molecule is CCCC(c1ccc(O)cc1)c1ccc(O)cc1.N. The number of phenolic OH excluding ortho intramolecular Hbond substituents is 2. The van der Waals surface area contributed by atoms with Gasteiger partial charge in [0.05, 0.1) is 0 Å². The largest absolute Gasteiger partial charge is 0.508 e. The van der Waals surface area contributed by atoms with Crippen LogP contribution < -0.4 is 6.15 Å². The first-order valence-electron chi connectivity index (χ1n) is 6.28. The summed E-state index contributed by atoms with van der Waals surface area (Å²) in [4.78, 5) is 0. The Labute approximate surface area is 114 Å². The lowest BCUT2D eigenvalue weighted by atomic mass is 9.87. The molecular formula is C16H21NO2. The third kappa shape index (κ3) is 3.73. The Bertz CT molecular complexity index is 446. The molecule has 3 heteroatoms. The molecule has 0 aliphatic heterocycles. The highest BCUT2D eigenvalue weighted by Gasteiger charge is 2.13. The van der Waals surface area contributed by atoms with Gasteiger partial charge in [0.15, 0.2) is 0 Å². The zero-order valence-electron chi connectivity index (χ0n) is 11.2. The second-order valence-corrected chi connectivity index (χ2v) is 4.52. The van der Waals surface area contributed by atoms with Crippen LogP contribution in [0.3, 0.4) is 0 Å². The number of rotatable bonds is 4. The molecule has 0 aliphatic rings. The van der Waals surface area contributed by atoms with Gasteiger partial charge >= 0.3 is 0 Å². The standard InChI is InChI=1S/C16H18O2.H3N/c1-2-3-16(12-4-8-14(17)9-5-12)13-6-10-15(18)11-7-13;/h4-11,16-18H,2-3H2,1H3;1H3. The average Bonchev–Trinajstić information content (AvgIpc) is 2.39. The number of hydrogen-bond acceptors (Lipinski definition) is 3. The van der Waals surface area contributed by atoms with Crippen molar-refractivity contribution < 1.29 is 10.2 Å². The summed E-state index contributed by atoms with van der Waals surface area (Å²) in [5.41, 5.74) is 2.39. The highest BCUT2D eigenvalue weighted by atomic mass is 16.3. The van der Waals surface area contributed by atoms with E-state index in [-0.39, 0.29) is 6.15 Å². The fourth-order valence-corrected chi connectivity index (χ4v) is 2.23. The van der Waals surface area contributed by atoms with Gasteiger partial charge in [-0.1, -0.05) is 37.6 Å². The fourth-order valence-electron chi connectivity index (χ4n) is 2.23. The maximum atomic E-state index is 9.34. The van der Waals surface area contributed by atoms with Crippen molar-refractivity contribution in [1.29, 1.82) is 0 Å². The van der Waals surface area contributed by atoms with Gasteiger partial charge in [-0.15, -0.1) is 0 Å². The van der Waals surface area contributed by atoms with Crippen LogP contribution in [0.4, 0.5) is 0 Å². The summed E-state index contributed by atoms with van der Waals surface area (Å²) in [5.74, 6) is 0.899. The summed E-state index contributed by atoms with van der Waals surface area (Å²) in [7, 11) is 0. The molecule has 0 amide bonds. The number of benzene rings is 2. The van der Waals surface area contributed by atoms with E-state index in [1.54, 1.807) is 24.3 Å². The van der Waals surface area contributed by atoms with Crippen LogP contribution in [0.1, 0.15) is 36.8 Å². The third-order valence-corrected chi connectivity index (χ3v) is 3.17. The van der Waals surface area contributed by atoms with Crippen molar-refractivity contribution in [1.82, 2.24) is 6.15 Å². The maximum absolute atomic E-state index is 9.34. The van der Waals surface area contributed by atoms with Gasteiger partial charge in [0.1, 0.15) is 11.5 Å². The van der Waals surface area contributed by atoms with E-state index < -0.39 is 0 Å². The second-order valence-electron chi connectivity index (χ2n) is 4.52. The van der Waals surface area contributed by atoms with Crippen molar-refractivity contribution >= 4 is 0 Å². The Morgan fingerprint density at radius 2 is 1.16 bits per heavy atom. The molecule has 0 radical (unpaired) electrons. The van der Waals surface area contributed by atoms with Crippen LogP contribution in [0.15, 0.2) is 48.5 Å². The lowest BCUT2D eigenvalue weighted by Crippen LogP contribution is -2.00. The fraction of sp³-hybridized carbons (Fsp3) is 0.250. The minimum absolute atomic E-state index is 0. The lowest BCUT2D eigenvalue weighted by molar-refractivity contribution is 0.475. The van der Waals surface area contributed by atoms with Crippen LogP contribution in [0.2, 0.25) is 0 Å². The van der Waals surface area contributed by atoms with E-state index in [0.717, 1.165) is 12.8 Å². The molecule has 0 aliphatic carbocycles. The predicted molar refractivity (Wildman–Crippen MR) is 78.0 cm³/mol. The summed E-state index contributed by atoms with van der Waals surface area (Å²) in [5, 5.41) is 18.7. The zero-order chi connectivity index (χ0) is 13.0. The van der Waals surface area contributed by atoms with E-state index in [4.69, 9.17) is 0 Å². The molecular weight excluding hydrogens is 238 g/mol. The molecule has 0 heterocycles. The molecule has 0 bridgehead atoms. The van der Waals surface area contributed by atoms with Gasteiger partial charge in [0, 0.05) is 5.92 Å². The van der Waals surface area contributed by atoms with E-state index in [1.165, 1.54) is 11.1 Å². The van der Waals surface area contributed by atoms with Crippen molar-refractivity contribution in [2.24, 2.45) is 0 Å².